The normalized spacial score (nSPS) is 11.9. The highest BCUT2D eigenvalue weighted by molar-refractivity contribution is 9.10. The Morgan fingerprint density at radius 1 is 0.565 bits per heavy atom. The highest BCUT2D eigenvalue weighted by Gasteiger charge is 2.39. The third kappa shape index (κ3) is 9.23. The molecule has 0 saturated heterocycles. The third-order valence-electron chi connectivity index (χ3n) is 9.28. The number of nitrogens with zero attached hydrogens (tertiary/aromatic N) is 1. The molecule has 6 aromatic carbocycles. The van der Waals surface area contributed by atoms with Gasteiger partial charge in [-0.3, -0.25) is 15.5 Å². The van der Waals surface area contributed by atoms with Crippen LogP contribution in [0.15, 0.2) is 161 Å². The molecule has 0 saturated carbocycles. The zero-order valence-electron chi connectivity index (χ0n) is 32.5. The average Bonchev–Trinajstić information content (AvgIpc) is 3.87. The summed E-state index contributed by atoms with van der Waals surface area (Å²) in [6.45, 7) is 0. The van der Waals surface area contributed by atoms with Crippen LogP contribution in [0.4, 0.5) is 11.4 Å². The highest BCUT2D eigenvalue weighted by Crippen LogP contribution is 2.43. The number of rotatable bonds is 12. The van der Waals surface area contributed by atoms with E-state index in [4.69, 9.17) is 22.3 Å². The fourth-order valence-corrected chi connectivity index (χ4v) is 15.2. The number of nitrogens with one attached hydrogen (secondary N) is 3. The summed E-state index contributed by atoms with van der Waals surface area (Å²) in [4.78, 5) is 0.651. The van der Waals surface area contributed by atoms with Gasteiger partial charge in [-0.2, -0.15) is 3.71 Å². The number of fused-ring (bicyclic) bond motifs is 3. The molecule has 2 heterocycles. The third-order valence-corrected chi connectivity index (χ3v) is 19.9. The first kappa shape index (κ1) is 45.1. The van der Waals surface area contributed by atoms with E-state index in [0.717, 1.165) is 41.6 Å². The van der Waals surface area contributed by atoms with Gasteiger partial charge < -0.3 is 11.5 Å². The van der Waals surface area contributed by atoms with Crippen LogP contribution in [0.25, 0.3) is 32.3 Å². The molecule has 7 N–H and O–H groups in total. The van der Waals surface area contributed by atoms with Gasteiger partial charge in [0, 0.05) is 4.47 Å². The molecule has 0 amide bonds. The van der Waals surface area contributed by atoms with Gasteiger partial charge in [0.25, 0.3) is 30.1 Å². The number of hydrogen-bond acceptors (Lipinski definition) is 12. The number of benzene rings is 6. The van der Waals surface area contributed by atoms with E-state index in [1.807, 2.05) is 48.7 Å². The molecular formula is C42H35BrN6O6S7. The van der Waals surface area contributed by atoms with Crippen LogP contribution in [0.5, 0.6) is 0 Å². The fraction of sp³-hybridized carbons (Fsp3) is 0.0476. The van der Waals surface area contributed by atoms with E-state index < -0.39 is 30.1 Å². The second-order valence-corrected chi connectivity index (χ2v) is 24.0. The maximum atomic E-state index is 14.2. The first-order valence-electron chi connectivity index (χ1n) is 18.0. The molecular weight excluding hydrogens is 989 g/mol. The summed E-state index contributed by atoms with van der Waals surface area (Å²) in [7, 11) is -13.0. The number of sulfonamides is 3. The van der Waals surface area contributed by atoms with Crippen molar-refractivity contribution in [3.63, 3.8) is 0 Å². The Hall–Kier alpha value is -4.93. The molecule has 20 heteroatoms. The molecule has 8 aromatic rings. The predicted octanol–water partition coefficient (Wildman–Crippen LogP) is 10.1. The molecule has 62 heavy (non-hydrogen) atoms. The van der Waals surface area contributed by atoms with E-state index in [1.54, 1.807) is 66.9 Å². The Morgan fingerprint density at radius 2 is 0.984 bits per heavy atom. The van der Waals surface area contributed by atoms with Crippen molar-refractivity contribution in [3.8, 4) is 0 Å². The summed E-state index contributed by atoms with van der Waals surface area (Å²) in [5, 5.41) is 20.1. The van der Waals surface area contributed by atoms with Crippen molar-refractivity contribution >= 4 is 148 Å². The van der Waals surface area contributed by atoms with Crippen LogP contribution in [0.2, 0.25) is 0 Å². The van der Waals surface area contributed by atoms with E-state index in [-0.39, 0.29) is 36.9 Å². The molecule has 0 fully saturated rings. The van der Waals surface area contributed by atoms with Crippen LogP contribution < -0.4 is 19.9 Å². The van der Waals surface area contributed by atoms with Crippen LogP contribution in [-0.2, 0) is 30.1 Å². The second-order valence-electron chi connectivity index (χ2n) is 13.3. The number of thiophene rings is 2. The molecule has 318 valence electrons. The SMILES string of the molecule is CSc1sc(C(=N)N)cc1N(S(=O)(=O)c1ccc2ccccc2c1)S(=O)(=O)c1ccc2ccccc2c1.CSc1sc(C(=N)N)cc1NS(=O)(=O)c1ccc2cc(Br)ccc2c1. The first-order chi connectivity index (χ1) is 29.4. The van der Waals surface area contributed by atoms with Crippen molar-refractivity contribution in [1.82, 2.24) is 0 Å². The van der Waals surface area contributed by atoms with Crippen LogP contribution >= 0.6 is 62.1 Å². The van der Waals surface area contributed by atoms with Gasteiger partial charge in [-0.15, -0.1) is 46.2 Å². The van der Waals surface area contributed by atoms with Crippen molar-refractivity contribution in [2.24, 2.45) is 11.5 Å². The number of hydrogen-bond donors (Lipinski definition) is 5. The monoisotopic (exact) mass is 1020 g/mol. The summed E-state index contributed by atoms with van der Waals surface area (Å²) >= 11 is 8.35. The summed E-state index contributed by atoms with van der Waals surface area (Å²) in [5.74, 6) is -0.361. The molecule has 0 unspecified atom stereocenters. The number of anilines is 2. The Kier molecular flexibility index (Phi) is 13.1. The Labute approximate surface area is 383 Å². The zero-order valence-corrected chi connectivity index (χ0v) is 39.8. The summed E-state index contributed by atoms with van der Waals surface area (Å²) in [6, 6.07) is 37.1. The fourth-order valence-electron chi connectivity index (χ4n) is 6.30. The van der Waals surface area contributed by atoms with Crippen molar-refractivity contribution in [1.29, 1.82) is 10.8 Å². The van der Waals surface area contributed by atoms with Crippen LogP contribution in [0.1, 0.15) is 9.75 Å². The van der Waals surface area contributed by atoms with Gasteiger partial charge in [0.1, 0.15) is 11.7 Å². The van der Waals surface area contributed by atoms with E-state index in [0.29, 0.717) is 29.3 Å². The molecule has 0 aliphatic carbocycles. The molecule has 2 aromatic heterocycles. The Bertz CT molecular complexity index is 3300. The molecule has 0 aliphatic heterocycles. The average molecular weight is 1020 g/mol. The van der Waals surface area contributed by atoms with Gasteiger partial charge in [-0.1, -0.05) is 88.7 Å². The van der Waals surface area contributed by atoms with Gasteiger partial charge in [0.05, 0.1) is 44.2 Å². The summed E-state index contributed by atoms with van der Waals surface area (Å²) in [5.41, 5.74) is 11.6. The van der Waals surface area contributed by atoms with Crippen molar-refractivity contribution in [2.45, 2.75) is 23.1 Å². The molecule has 12 nitrogen and oxygen atoms in total. The van der Waals surface area contributed by atoms with Gasteiger partial charge in [-0.25, -0.2) is 25.3 Å². The predicted molar refractivity (Wildman–Crippen MR) is 261 cm³/mol. The van der Waals surface area contributed by atoms with E-state index >= 15 is 0 Å². The van der Waals surface area contributed by atoms with Crippen LogP contribution in [0, 0.1) is 10.8 Å². The van der Waals surface area contributed by atoms with Gasteiger partial charge in [0.2, 0.25) is 0 Å². The number of nitrogen functional groups attached to an aromatic ring is 2. The topological polar surface area (TPSA) is 217 Å². The van der Waals surface area contributed by atoms with Crippen LogP contribution in [-0.4, -0.2) is 49.4 Å². The molecule has 0 atom stereocenters. The second kappa shape index (κ2) is 18.0. The highest BCUT2D eigenvalue weighted by atomic mass is 79.9. The van der Waals surface area contributed by atoms with E-state index in [9.17, 15) is 25.3 Å². The Balaban J connectivity index is 0.000000201. The standard InChI is InChI=1S/C26H21N3O4S4.C16H14BrN3O2S3/c1-34-26-23(16-24(35-26)25(27)28)29(36(30,31)21-12-10-17-6-2-4-8-19(17)14-21)37(32,33)22-13-11-18-7-3-5-9-20(18)15-22;1-23-16-13(8-14(24-16)15(18)19)20-25(21,22)12-5-3-9-6-11(17)4-2-10(9)7-12/h2-16H,1H3,(H3,27,28);2-8,20H,1H3,(H3,18,19). The number of thioether (sulfide) groups is 2. The maximum Gasteiger partial charge on any atom is 0.277 e. The van der Waals surface area contributed by atoms with Gasteiger partial charge in [-0.05, 0) is 105 Å². The van der Waals surface area contributed by atoms with E-state index in [1.165, 1.54) is 65.2 Å². The van der Waals surface area contributed by atoms with E-state index in [2.05, 4.69) is 20.7 Å². The lowest BCUT2D eigenvalue weighted by Crippen LogP contribution is -2.37. The Morgan fingerprint density at radius 3 is 1.52 bits per heavy atom. The minimum Gasteiger partial charge on any atom is -0.383 e. The van der Waals surface area contributed by atoms with Gasteiger partial charge in [0.15, 0.2) is 0 Å². The quantitative estimate of drug-likeness (QED) is 0.0443. The first-order valence-corrected chi connectivity index (χ1v) is 27.2. The number of nitrogens with two attached hydrogens (primary N) is 2. The lowest BCUT2D eigenvalue weighted by Gasteiger charge is -2.24. The smallest absolute Gasteiger partial charge is 0.277 e. The number of amidine groups is 2. The van der Waals surface area contributed by atoms with Crippen molar-refractivity contribution < 1.29 is 25.3 Å². The maximum absolute atomic E-state index is 14.2. The molecule has 0 bridgehead atoms. The minimum atomic E-state index is -4.62. The lowest BCUT2D eigenvalue weighted by molar-refractivity contribution is 0.584. The molecule has 8 rings (SSSR count). The number of halogens is 1. The lowest BCUT2D eigenvalue weighted by atomic mass is 10.1. The largest absolute Gasteiger partial charge is 0.383 e. The summed E-state index contributed by atoms with van der Waals surface area (Å²) in [6.07, 6.45) is 3.56. The van der Waals surface area contributed by atoms with Crippen LogP contribution in [0.3, 0.4) is 0 Å². The summed E-state index contributed by atoms with van der Waals surface area (Å²) < 4.78 is 87.3. The van der Waals surface area contributed by atoms with Crippen molar-refractivity contribution in [3.05, 3.63) is 148 Å². The molecule has 0 radical (unpaired) electrons. The molecule has 0 spiro atoms. The van der Waals surface area contributed by atoms with Gasteiger partial charge >= 0.3 is 0 Å². The molecule has 0 aliphatic rings. The van der Waals surface area contributed by atoms with Crippen molar-refractivity contribution in [2.75, 3.05) is 20.9 Å². The minimum absolute atomic E-state index is 0.0657. The zero-order chi connectivity index (χ0) is 44.6.